The number of amides is 2. The molecule has 2 rings (SSSR count). The number of rotatable bonds is 19. The SMILES string of the molecule is CCCCCCCCCCCCCCCCNC(=O)C(Cc1c[nH]c2ccccc12)NC(=O)OC(C)(C)C. The third kappa shape index (κ3) is 13.3. The van der Waals surface area contributed by atoms with Gasteiger partial charge in [-0.05, 0) is 38.8 Å². The van der Waals surface area contributed by atoms with Crippen molar-refractivity contribution in [1.82, 2.24) is 15.6 Å². The van der Waals surface area contributed by atoms with E-state index in [0.717, 1.165) is 29.3 Å². The fourth-order valence-electron chi connectivity index (χ4n) is 4.83. The van der Waals surface area contributed by atoms with Crippen molar-refractivity contribution in [3.8, 4) is 0 Å². The number of fused-ring (bicyclic) bond motifs is 1. The first kappa shape index (κ1) is 31.7. The highest BCUT2D eigenvalue weighted by Gasteiger charge is 2.25. The van der Waals surface area contributed by atoms with Gasteiger partial charge in [-0.3, -0.25) is 4.79 Å². The summed E-state index contributed by atoms with van der Waals surface area (Å²) in [7, 11) is 0. The highest BCUT2D eigenvalue weighted by atomic mass is 16.6. The van der Waals surface area contributed by atoms with Crippen LogP contribution in [0.4, 0.5) is 4.79 Å². The number of nitrogens with one attached hydrogen (secondary N) is 3. The lowest BCUT2D eigenvalue weighted by Gasteiger charge is -2.23. The third-order valence-electron chi connectivity index (χ3n) is 6.94. The average Bonchev–Trinajstić information content (AvgIpc) is 3.27. The third-order valence-corrected chi connectivity index (χ3v) is 6.94. The zero-order chi connectivity index (χ0) is 27.6. The molecular weight excluding hydrogens is 474 g/mol. The van der Waals surface area contributed by atoms with Gasteiger partial charge in [0.05, 0.1) is 0 Å². The average molecular weight is 528 g/mol. The summed E-state index contributed by atoms with van der Waals surface area (Å²) in [6.45, 7) is 8.34. The number of benzene rings is 1. The Labute approximate surface area is 231 Å². The maximum atomic E-state index is 13.0. The van der Waals surface area contributed by atoms with Gasteiger partial charge in [-0.1, -0.05) is 109 Å². The molecule has 1 heterocycles. The van der Waals surface area contributed by atoms with E-state index in [1.54, 1.807) is 0 Å². The Morgan fingerprint density at radius 3 is 1.97 bits per heavy atom. The number of para-hydroxylation sites is 1. The first-order valence-corrected chi connectivity index (χ1v) is 15.1. The Morgan fingerprint density at radius 1 is 0.842 bits per heavy atom. The fraction of sp³-hybridized carbons (Fsp3) is 0.688. The normalized spacial score (nSPS) is 12.4. The second-order valence-corrected chi connectivity index (χ2v) is 11.6. The van der Waals surface area contributed by atoms with E-state index >= 15 is 0 Å². The molecule has 2 amide bonds. The second-order valence-electron chi connectivity index (χ2n) is 11.6. The molecule has 2 aromatic rings. The lowest BCUT2D eigenvalue weighted by Crippen LogP contribution is -2.49. The van der Waals surface area contributed by atoms with Crippen molar-refractivity contribution >= 4 is 22.9 Å². The first-order chi connectivity index (χ1) is 18.3. The van der Waals surface area contributed by atoms with Crippen LogP contribution in [0.25, 0.3) is 10.9 Å². The van der Waals surface area contributed by atoms with Gasteiger partial charge in [0.15, 0.2) is 0 Å². The Balaban J connectivity index is 1.66. The zero-order valence-corrected chi connectivity index (χ0v) is 24.5. The number of unbranched alkanes of at least 4 members (excludes halogenated alkanes) is 13. The molecule has 3 N–H and O–H groups in total. The molecule has 0 aliphatic heterocycles. The topological polar surface area (TPSA) is 83.2 Å². The summed E-state index contributed by atoms with van der Waals surface area (Å²) < 4.78 is 5.42. The van der Waals surface area contributed by atoms with Crippen molar-refractivity contribution in [2.75, 3.05) is 6.54 Å². The van der Waals surface area contributed by atoms with Crippen LogP contribution in [-0.4, -0.2) is 35.2 Å². The van der Waals surface area contributed by atoms with E-state index in [0.29, 0.717) is 13.0 Å². The standard InChI is InChI=1S/C32H53N3O3/c1-5-6-7-8-9-10-11-12-13-14-15-16-17-20-23-33-30(36)29(35-31(37)38-32(2,3)4)24-26-25-34-28-22-19-18-21-27(26)28/h18-19,21-22,25,29,34H,5-17,20,23-24H2,1-4H3,(H,33,36)(H,35,37). The molecule has 6 nitrogen and oxygen atoms in total. The number of hydrogen-bond donors (Lipinski definition) is 3. The summed E-state index contributed by atoms with van der Waals surface area (Å²) in [5.41, 5.74) is 1.38. The van der Waals surface area contributed by atoms with Crippen molar-refractivity contribution in [2.24, 2.45) is 0 Å². The summed E-state index contributed by atoms with van der Waals surface area (Å²) in [6, 6.07) is 7.28. The number of hydrogen-bond acceptors (Lipinski definition) is 3. The van der Waals surface area contributed by atoms with E-state index in [2.05, 4.69) is 22.5 Å². The molecule has 0 saturated carbocycles. The van der Waals surface area contributed by atoms with Crippen LogP contribution in [0, 0.1) is 0 Å². The van der Waals surface area contributed by atoms with E-state index in [1.807, 2.05) is 51.2 Å². The Bertz CT molecular complexity index is 931. The molecule has 6 heteroatoms. The highest BCUT2D eigenvalue weighted by Crippen LogP contribution is 2.19. The molecule has 0 fully saturated rings. The predicted octanol–water partition coefficient (Wildman–Crippen LogP) is 8.20. The number of H-pyrrole nitrogens is 1. The van der Waals surface area contributed by atoms with Crippen molar-refractivity contribution in [3.63, 3.8) is 0 Å². The minimum absolute atomic E-state index is 0.171. The largest absolute Gasteiger partial charge is 0.444 e. The van der Waals surface area contributed by atoms with Crippen LogP contribution >= 0.6 is 0 Å². The minimum atomic E-state index is -0.698. The molecule has 1 aromatic heterocycles. The molecule has 1 atom stereocenters. The smallest absolute Gasteiger partial charge is 0.408 e. The van der Waals surface area contributed by atoms with Crippen molar-refractivity contribution < 1.29 is 14.3 Å². The van der Waals surface area contributed by atoms with Gasteiger partial charge in [-0.15, -0.1) is 0 Å². The predicted molar refractivity (Wildman–Crippen MR) is 158 cm³/mol. The van der Waals surface area contributed by atoms with E-state index in [4.69, 9.17) is 4.74 Å². The summed E-state index contributed by atoms with van der Waals surface area (Å²) in [5, 5.41) is 6.89. The van der Waals surface area contributed by atoms with Gasteiger partial charge in [0.2, 0.25) is 5.91 Å². The van der Waals surface area contributed by atoms with E-state index < -0.39 is 17.7 Å². The molecule has 0 spiro atoms. The molecule has 0 radical (unpaired) electrons. The molecule has 0 aliphatic carbocycles. The summed E-state index contributed by atoms with van der Waals surface area (Å²) in [4.78, 5) is 28.8. The highest BCUT2D eigenvalue weighted by molar-refractivity contribution is 5.88. The number of carbonyl (C=O) groups is 2. The summed E-state index contributed by atoms with van der Waals surface area (Å²) >= 11 is 0. The van der Waals surface area contributed by atoms with Crippen molar-refractivity contribution in [3.05, 3.63) is 36.0 Å². The summed E-state index contributed by atoms with van der Waals surface area (Å²) in [5.74, 6) is -0.171. The van der Waals surface area contributed by atoms with Gasteiger partial charge in [-0.2, -0.15) is 0 Å². The van der Waals surface area contributed by atoms with Gasteiger partial charge in [0.25, 0.3) is 0 Å². The van der Waals surface area contributed by atoms with E-state index in [-0.39, 0.29) is 5.91 Å². The van der Waals surface area contributed by atoms with Crippen molar-refractivity contribution in [2.45, 2.75) is 136 Å². The molecule has 0 bridgehead atoms. The van der Waals surface area contributed by atoms with Crippen LogP contribution in [0.15, 0.2) is 30.5 Å². The van der Waals surface area contributed by atoms with Gasteiger partial charge < -0.3 is 20.4 Å². The van der Waals surface area contributed by atoms with Crippen LogP contribution in [0.2, 0.25) is 0 Å². The number of carbonyl (C=O) groups excluding carboxylic acids is 2. The van der Waals surface area contributed by atoms with Crippen LogP contribution < -0.4 is 10.6 Å². The van der Waals surface area contributed by atoms with Crippen molar-refractivity contribution in [1.29, 1.82) is 0 Å². The van der Waals surface area contributed by atoms with Gasteiger partial charge in [-0.25, -0.2) is 4.79 Å². The maximum Gasteiger partial charge on any atom is 0.408 e. The monoisotopic (exact) mass is 527 g/mol. The number of aromatic nitrogens is 1. The van der Waals surface area contributed by atoms with Crippen LogP contribution in [0.3, 0.4) is 0 Å². The van der Waals surface area contributed by atoms with Gasteiger partial charge in [0.1, 0.15) is 11.6 Å². The minimum Gasteiger partial charge on any atom is -0.444 e. The molecule has 1 aromatic carbocycles. The molecule has 214 valence electrons. The molecular formula is C32H53N3O3. The van der Waals surface area contributed by atoms with Crippen LogP contribution in [0.1, 0.15) is 123 Å². The first-order valence-electron chi connectivity index (χ1n) is 15.1. The fourth-order valence-corrected chi connectivity index (χ4v) is 4.83. The van der Waals surface area contributed by atoms with E-state index in [9.17, 15) is 9.59 Å². The number of alkyl carbamates (subject to hydrolysis) is 1. The molecule has 0 saturated heterocycles. The quantitative estimate of drug-likeness (QED) is 0.161. The second kappa shape index (κ2) is 17.9. The Hall–Kier alpha value is -2.50. The zero-order valence-electron chi connectivity index (χ0n) is 24.5. The van der Waals surface area contributed by atoms with E-state index in [1.165, 1.54) is 77.0 Å². The van der Waals surface area contributed by atoms with Gasteiger partial charge in [0, 0.05) is 30.1 Å². The molecule has 0 aliphatic rings. The molecule has 1 unspecified atom stereocenters. The van der Waals surface area contributed by atoms with Gasteiger partial charge >= 0.3 is 6.09 Å². The van der Waals surface area contributed by atoms with Crippen LogP contribution in [0.5, 0.6) is 0 Å². The lowest BCUT2D eigenvalue weighted by atomic mass is 10.0. The maximum absolute atomic E-state index is 13.0. The summed E-state index contributed by atoms with van der Waals surface area (Å²) in [6.07, 6.45) is 20.0. The number of ether oxygens (including phenoxy) is 1. The Morgan fingerprint density at radius 2 is 1.39 bits per heavy atom. The van der Waals surface area contributed by atoms with Crippen LogP contribution in [-0.2, 0) is 16.0 Å². The lowest BCUT2D eigenvalue weighted by molar-refractivity contribution is -0.123. The molecule has 38 heavy (non-hydrogen) atoms. The number of aromatic amines is 1. The Kier molecular flexibility index (Phi) is 14.9.